The van der Waals surface area contributed by atoms with Crippen LogP contribution in [0.1, 0.15) is 30.3 Å². The van der Waals surface area contributed by atoms with Crippen LogP contribution in [0.25, 0.3) is 11.0 Å². The summed E-state index contributed by atoms with van der Waals surface area (Å²) in [4.78, 5) is 26.5. The highest BCUT2D eigenvalue weighted by molar-refractivity contribution is 8.00. The SMILES string of the molecule is CCCC1SCCN1C(=O)c1cc(=O)c2ccccc2o1. The van der Waals surface area contributed by atoms with Gasteiger partial charge in [-0.2, -0.15) is 0 Å². The first-order valence-electron chi connectivity index (χ1n) is 7.16. The van der Waals surface area contributed by atoms with Gasteiger partial charge >= 0.3 is 0 Å². The summed E-state index contributed by atoms with van der Waals surface area (Å²) in [6.45, 7) is 2.82. The molecule has 0 radical (unpaired) electrons. The van der Waals surface area contributed by atoms with Gasteiger partial charge in [-0.25, -0.2) is 0 Å². The van der Waals surface area contributed by atoms with Gasteiger partial charge in [-0.15, -0.1) is 11.8 Å². The molecule has 0 bridgehead atoms. The molecule has 3 rings (SSSR count). The van der Waals surface area contributed by atoms with Crippen LogP contribution in [0.4, 0.5) is 0 Å². The lowest BCUT2D eigenvalue weighted by Gasteiger charge is -2.22. The Bertz CT molecular complexity index is 725. The Morgan fingerprint density at radius 1 is 1.43 bits per heavy atom. The molecule has 110 valence electrons. The van der Waals surface area contributed by atoms with Crippen LogP contribution in [0.2, 0.25) is 0 Å². The summed E-state index contributed by atoms with van der Waals surface area (Å²) >= 11 is 1.79. The first-order valence-corrected chi connectivity index (χ1v) is 8.21. The normalized spacial score (nSPS) is 18.3. The minimum absolute atomic E-state index is 0.141. The molecule has 4 nitrogen and oxygen atoms in total. The van der Waals surface area contributed by atoms with Crippen molar-refractivity contribution < 1.29 is 9.21 Å². The Kier molecular flexibility index (Phi) is 4.01. The van der Waals surface area contributed by atoms with Crippen LogP contribution in [-0.4, -0.2) is 28.5 Å². The maximum atomic E-state index is 12.6. The molecule has 1 saturated heterocycles. The van der Waals surface area contributed by atoms with Crippen molar-refractivity contribution in [1.29, 1.82) is 0 Å². The van der Waals surface area contributed by atoms with Crippen molar-refractivity contribution in [1.82, 2.24) is 4.90 Å². The summed E-state index contributed by atoms with van der Waals surface area (Å²) in [6, 6.07) is 8.33. The average Bonchev–Trinajstić information content (AvgIpc) is 2.95. The molecule has 1 amide bonds. The smallest absolute Gasteiger partial charge is 0.290 e. The fourth-order valence-electron chi connectivity index (χ4n) is 2.59. The summed E-state index contributed by atoms with van der Waals surface area (Å²) in [5.74, 6) is 0.900. The van der Waals surface area contributed by atoms with Crippen LogP contribution in [0.15, 0.2) is 39.5 Å². The third-order valence-corrected chi connectivity index (χ3v) is 4.93. The van der Waals surface area contributed by atoms with Crippen LogP contribution in [0.3, 0.4) is 0 Å². The Hall–Kier alpha value is -1.75. The first kappa shape index (κ1) is 14.2. The molecule has 1 unspecified atom stereocenters. The highest BCUT2D eigenvalue weighted by atomic mass is 32.2. The quantitative estimate of drug-likeness (QED) is 0.874. The van der Waals surface area contributed by atoms with E-state index in [9.17, 15) is 9.59 Å². The summed E-state index contributed by atoms with van der Waals surface area (Å²) in [6.07, 6.45) is 2.00. The van der Waals surface area contributed by atoms with Crippen molar-refractivity contribution in [3.8, 4) is 0 Å². The zero-order valence-electron chi connectivity index (χ0n) is 11.9. The fraction of sp³-hybridized carbons (Fsp3) is 0.375. The van der Waals surface area contributed by atoms with E-state index in [0.29, 0.717) is 17.5 Å². The van der Waals surface area contributed by atoms with E-state index in [0.717, 1.165) is 18.6 Å². The van der Waals surface area contributed by atoms with E-state index < -0.39 is 0 Å². The molecule has 5 heteroatoms. The second-order valence-electron chi connectivity index (χ2n) is 5.08. The van der Waals surface area contributed by atoms with Crippen molar-refractivity contribution >= 4 is 28.6 Å². The summed E-state index contributed by atoms with van der Waals surface area (Å²) < 4.78 is 5.64. The number of nitrogens with zero attached hydrogens (tertiary/aromatic N) is 1. The molecule has 1 aromatic heterocycles. The number of hydrogen-bond donors (Lipinski definition) is 0. The largest absolute Gasteiger partial charge is 0.451 e. The van der Waals surface area contributed by atoms with E-state index in [1.54, 1.807) is 36.0 Å². The molecule has 0 aliphatic carbocycles. The van der Waals surface area contributed by atoms with Gasteiger partial charge in [0.15, 0.2) is 11.2 Å². The van der Waals surface area contributed by atoms with Crippen LogP contribution < -0.4 is 5.43 Å². The molecule has 1 atom stereocenters. The Labute approximate surface area is 127 Å². The van der Waals surface area contributed by atoms with Crippen molar-refractivity contribution in [2.75, 3.05) is 12.3 Å². The Balaban J connectivity index is 1.96. The van der Waals surface area contributed by atoms with E-state index in [-0.39, 0.29) is 22.5 Å². The zero-order valence-corrected chi connectivity index (χ0v) is 12.7. The number of fused-ring (bicyclic) bond motifs is 1. The number of hydrogen-bond acceptors (Lipinski definition) is 4. The van der Waals surface area contributed by atoms with Crippen LogP contribution in [-0.2, 0) is 0 Å². The molecule has 0 saturated carbocycles. The van der Waals surface area contributed by atoms with E-state index in [1.807, 2.05) is 4.90 Å². The molecule has 0 N–H and O–H groups in total. The number of rotatable bonds is 3. The number of para-hydroxylation sites is 1. The van der Waals surface area contributed by atoms with Crippen molar-refractivity contribution in [3.63, 3.8) is 0 Å². The maximum Gasteiger partial charge on any atom is 0.290 e. The zero-order chi connectivity index (χ0) is 14.8. The minimum Gasteiger partial charge on any atom is -0.451 e. The number of benzene rings is 1. The maximum absolute atomic E-state index is 12.6. The summed E-state index contributed by atoms with van der Waals surface area (Å²) in [5.41, 5.74) is 0.298. The molecule has 21 heavy (non-hydrogen) atoms. The second-order valence-corrected chi connectivity index (χ2v) is 6.37. The van der Waals surface area contributed by atoms with Crippen LogP contribution in [0, 0.1) is 0 Å². The summed E-state index contributed by atoms with van der Waals surface area (Å²) in [7, 11) is 0. The molecule has 0 spiro atoms. The Morgan fingerprint density at radius 2 is 2.24 bits per heavy atom. The first-order chi connectivity index (χ1) is 10.2. The van der Waals surface area contributed by atoms with Crippen LogP contribution in [0.5, 0.6) is 0 Å². The van der Waals surface area contributed by atoms with Gasteiger partial charge in [-0.1, -0.05) is 25.5 Å². The van der Waals surface area contributed by atoms with Crippen LogP contribution >= 0.6 is 11.8 Å². The topological polar surface area (TPSA) is 50.5 Å². The highest BCUT2D eigenvalue weighted by Gasteiger charge is 2.30. The van der Waals surface area contributed by atoms with Crippen molar-refractivity contribution in [3.05, 3.63) is 46.3 Å². The predicted octanol–water partition coefficient (Wildman–Crippen LogP) is 3.11. The molecule has 1 fully saturated rings. The van der Waals surface area contributed by atoms with Crippen molar-refractivity contribution in [2.45, 2.75) is 25.1 Å². The Morgan fingerprint density at radius 3 is 3.05 bits per heavy atom. The minimum atomic E-state index is -0.179. The van der Waals surface area contributed by atoms with E-state index >= 15 is 0 Å². The fourth-order valence-corrected chi connectivity index (χ4v) is 3.95. The number of carbonyl (C=O) groups is 1. The van der Waals surface area contributed by atoms with Gasteiger partial charge in [-0.3, -0.25) is 9.59 Å². The van der Waals surface area contributed by atoms with Gasteiger partial charge in [0.05, 0.1) is 10.8 Å². The second kappa shape index (κ2) is 5.93. The molecule has 2 aromatic rings. The van der Waals surface area contributed by atoms with Gasteiger partial charge in [0.1, 0.15) is 5.58 Å². The number of thioether (sulfide) groups is 1. The lowest BCUT2D eigenvalue weighted by molar-refractivity contribution is 0.0725. The number of amides is 1. The lowest BCUT2D eigenvalue weighted by Crippen LogP contribution is -2.35. The molecule has 1 aliphatic heterocycles. The molecule has 1 aromatic carbocycles. The van der Waals surface area contributed by atoms with E-state index in [4.69, 9.17) is 4.42 Å². The number of carbonyl (C=O) groups excluding carboxylic acids is 1. The van der Waals surface area contributed by atoms with Crippen molar-refractivity contribution in [2.24, 2.45) is 0 Å². The van der Waals surface area contributed by atoms with Gasteiger partial charge in [0, 0.05) is 18.4 Å². The van der Waals surface area contributed by atoms with Gasteiger partial charge in [0.25, 0.3) is 5.91 Å². The lowest BCUT2D eigenvalue weighted by atomic mass is 10.2. The highest BCUT2D eigenvalue weighted by Crippen LogP contribution is 2.29. The monoisotopic (exact) mass is 303 g/mol. The van der Waals surface area contributed by atoms with Gasteiger partial charge < -0.3 is 9.32 Å². The molecule has 1 aliphatic rings. The van der Waals surface area contributed by atoms with E-state index in [1.165, 1.54) is 6.07 Å². The molecular formula is C16H17NO3S. The average molecular weight is 303 g/mol. The van der Waals surface area contributed by atoms with Gasteiger partial charge in [-0.05, 0) is 18.6 Å². The predicted molar refractivity (Wildman–Crippen MR) is 84.7 cm³/mol. The summed E-state index contributed by atoms with van der Waals surface area (Å²) in [5, 5.41) is 0.703. The third kappa shape index (κ3) is 2.70. The third-order valence-electron chi connectivity index (χ3n) is 3.63. The molecular weight excluding hydrogens is 286 g/mol. The standard InChI is InChI=1S/C16H17NO3S/c1-2-5-15-17(8-9-21-15)16(19)14-10-12(18)11-6-3-4-7-13(11)20-14/h3-4,6-7,10,15H,2,5,8-9H2,1H3. The van der Waals surface area contributed by atoms with E-state index in [2.05, 4.69) is 6.92 Å². The molecule has 2 heterocycles. The van der Waals surface area contributed by atoms with Gasteiger partial charge in [0.2, 0.25) is 0 Å².